The van der Waals surface area contributed by atoms with Crippen LogP contribution in [0.5, 0.6) is 0 Å². The molecule has 0 aromatic carbocycles. The predicted octanol–water partition coefficient (Wildman–Crippen LogP) is -1.85. The van der Waals surface area contributed by atoms with Gasteiger partial charge in [0.15, 0.2) is 0 Å². The summed E-state index contributed by atoms with van der Waals surface area (Å²) >= 11 is 0. The van der Waals surface area contributed by atoms with Crippen LogP contribution in [0.15, 0.2) is 0 Å². The van der Waals surface area contributed by atoms with E-state index in [4.69, 9.17) is 0 Å². The Bertz CT molecular complexity index is 234. The molecule has 0 aliphatic heterocycles. The summed E-state index contributed by atoms with van der Waals surface area (Å²) in [4.78, 5) is 21.4. The highest BCUT2D eigenvalue weighted by molar-refractivity contribution is 5.79. The largest absolute Gasteiger partial charge is 0.550 e. The van der Waals surface area contributed by atoms with Crippen molar-refractivity contribution in [2.45, 2.75) is 19.3 Å². The molecule has 0 spiro atoms. The quantitative estimate of drug-likeness (QED) is 0.502. The van der Waals surface area contributed by atoms with Gasteiger partial charge in [-0.3, -0.25) is 0 Å². The second-order valence-electron chi connectivity index (χ2n) is 4.02. The molecule has 2 saturated carbocycles. The van der Waals surface area contributed by atoms with Crippen molar-refractivity contribution in [3.05, 3.63) is 0 Å². The van der Waals surface area contributed by atoms with Gasteiger partial charge in [-0.05, 0) is 31.1 Å². The molecule has 0 unspecified atom stereocenters. The van der Waals surface area contributed by atoms with Gasteiger partial charge in [0.1, 0.15) is 0 Å². The third-order valence-corrected chi connectivity index (χ3v) is 3.46. The molecule has 0 saturated heterocycles. The fraction of sp³-hybridized carbons (Fsp3) is 0.778. The Labute approximate surface area is 75.6 Å². The van der Waals surface area contributed by atoms with E-state index in [1.165, 1.54) is 0 Å². The van der Waals surface area contributed by atoms with E-state index in [9.17, 15) is 19.8 Å². The van der Waals surface area contributed by atoms with Gasteiger partial charge in [-0.1, -0.05) is 0 Å². The molecule has 0 aromatic heterocycles. The summed E-state index contributed by atoms with van der Waals surface area (Å²) in [5.41, 5.74) is 0. The summed E-state index contributed by atoms with van der Waals surface area (Å²) in [7, 11) is 0. The van der Waals surface area contributed by atoms with Crippen LogP contribution in [-0.4, -0.2) is 11.9 Å². The van der Waals surface area contributed by atoms with Crippen LogP contribution in [0.2, 0.25) is 0 Å². The van der Waals surface area contributed by atoms with Crippen LogP contribution in [0, 0.1) is 23.7 Å². The van der Waals surface area contributed by atoms with Gasteiger partial charge in [0.05, 0.1) is 0 Å². The number of fused-ring (bicyclic) bond motifs is 2. The van der Waals surface area contributed by atoms with Crippen LogP contribution < -0.4 is 10.2 Å². The molecule has 4 nitrogen and oxygen atoms in total. The van der Waals surface area contributed by atoms with Crippen LogP contribution >= 0.6 is 0 Å². The van der Waals surface area contributed by atoms with Crippen molar-refractivity contribution >= 4 is 11.9 Å². The zero-order chi connectivity index (χ0) is 9.59. The summed E-state index contributed by atoms with van der Waals surface area (Å²) in [6.07, 6.45) is 2.37. The molecule has 2 aliphatic carbocycles. The number of aliphatic carboxylic acids is 2. The van der Waals surface area contributed by atoms with E-state index < -0.39 is 23.8 Å². The number of carboxylic acid groups (broad SMARTS) is 2. The van der Waals surface area contributed by atoms with Gasteiger partial charge in [-0.25, -0.2) is 0 Å². The molecule has 0 amide bonds. The monoisotopic (exact) mass is 182 g/mol. The van der Waals surface area contributed by atoms with Crippen molar-refractivity contribution < 1.29 is 19.8 Å². The van der Waals surface area contributed by atoms with Crippen molar-refractivity contribution in [3.63, 3.8) is 0 Å². The van der Waals surface area contributed by atoms with E-state index in [0.29, 0.717) is 0 Å². The minimum absolute atomic E-state index is 0.0119. The van der Waals surface area contributed by atoms with Crippen LogP contribution in [0.25, 0.3) is 0 Å². The maximum atomic E-state index is 10.7. The average Bonchev–Trinajstić information content (AvgIpc) is 2.60. The van der Waals surface area contributed by atoms with E-state index in [1.807, 2.05) is 0 Å². The van der Waals surface area contributed by atoms with Gasteiger partial charge in [0.25, 0.3) is 0 Å². The average molecular weight is 182 g/mol. The molecule has 0 radical (unpaired) electrons. The van der Waals surface area contributed by atoms with Crippen LogP contribution in [0.1, 0.15) is 19.3 Å². The lowest BCUT2D eigenvalue weighted by Gasteiger charge is -2.32. The molecule has 2 fully saturated rings. The molecule has 4 atom stereocenters. The number of hydrogen-bond acceptors (Lipinski definition) is 4. The minimum Gasteiger partial charge on any atom is -0.550 e. The van der Waals surface area contributed by atoms with Gasteiger partial charge in [0, 0.05) is 23.8 Å². The Morgan fingerprint density at radius 2 is 1.31 bits per heavy atom. The zero-order valence-corrected chi connectivity index (χ0v) is 7.06. The normalized spacial score (nSPS) is 42.2. The number of rotatable bonds is 2. The first kappa shape index (κ1) is 8.53. The Morgan fingerprint density at radius 3 is 1.62 bits per heavy atom. The van der Waals surface area contributed by atoms with Gasteiger partial charge in [0.2, 0.25) is 0 Å². The van der Waals surface area contributed by atoms with E-state index in [0.717, 1.165) is 19.3 Å². The first-order valence-electron chi connectivity index (χ1n) is 4.53. The maximum Gasteiger partial charge on any atom is 0.0454 e. The molecule has 2 rings (SSSR count). The minimum atomic E-state index is -1.22. The third-order valence-electron chi connectivity index (χ3n) is 3.46. The summed E-state index contributed by atoms with van der Waals surface area (Å²) in [5, 5.41) is 21.4. The highest BCUT2D eigenvalue weighted by atomic mass is 16.4. The Hall–Kier alpha value is -1.06. The van der Waals surface area contributed by atoms with Gasteiger partial charge in [-0.2, -0.15) is 0 Å². The number of hydrogen-bond donors (Lipinski definition) is 0. The first-order valence-corrected chi connectivity index (χ1v) is 4.53. The molecular formula is C9H10O4-2. The number of carboxylic acids is 2. The van der Waals surface area contributed by atoms with E-state index in [2.05, 4.69) is 0 Å². The molecule has 0 heterocycles. The second-order valence-corrected chi connectivity index (χ2v) is 4.02. The molecule has 2 aliphatic rings. The Kier molecular flexibility index (Phi) is 1.78. The molecule has 72 valence electrons. The van der Waals surface area contributed by atoms with Crippen molar-refractivity contribution in [3.8, 4) is 0 Å². The molecule has 0 N–H and O–H groups in total. The van der Waals surface area contributed by atoms with Crippen molar-refractivity contribution in [1.82, 2.24) is 0 Å². The van der Waals surface area contributed by atoms with E-state index in [1.54, 1.807) is 0 Å². The Balaban J connectivity index is 2.24. The van der Waals surface area contributed by atoms with Crippen molar-refractivity contribution in [2.24, 2.45) is 23.7 Å². The molecular weight excluding hydrogens is 172 g/mol. The number of carbonyl (C=O) groups excluding carboxylic acids is 2. The van der Waals surface area contributed by atoms with Gasteiger partial charge >= 0.3 is 0 Å². The topological polar surface area (TPSA) is 80.3 Å². The fourth-order valence-corrected chi connectivity index (χ4v) is 2.97. The summed E-state index contributed by atoms with van der Waals surface area (Å²) in [6.45, 7) is 0. The third kappa shape index (κ3) is 1.12. The van der Waals surface area contributed by atoms with E-state index >= 15 is 0 Å². The smallest absolute Gasteiger partial charge is 0.0454 e. The van der Waals surface area contributed by atoms with Crippen molar-refractivity contribution in [1.29, 1.82) is 0 Å². The zero-order valence-electron chi connectivity index (χ0n) is 7.06. The highest BCUT2D eigenvalue weighted by Crippen LogP contribution is 2.51. The second kappa shape index (κ2) is 2.72. The summed E-state index contributed by atoms with van der Waals surface area (Å²) in [6, 6.07) is 0. The van der Waals surface area contributed by atoms with Crippen LogP contribution in [-0.2, 0) is 9.59 Å². The molecule has 2 bridgehead atoms. The first-order chi connectivity index (χ1) is 6.11. The van der Waals surface area contributed by atoms with E-state index in [-0.39, 0.29) is 11.8 Å². The molecule has 4 heteroatoms. The Morgan fingerprint density at radius 1 is 0.923 bits per heavy atom. The maximum absolute atomic E-state index is 10.7. The number of carbonyl (C=O) groups is 2. The lowest BCUT2D eigenvalue weighted by atomic mass is 9.79. The molecule has 0 aromatic rings. The van der Waals surface area contributed by atoms with Gasteiger partial charge < -0.3 is 19.8 Å². The molecule has 13 heavy (non-hydrogen) atoms. The lowest BCUT2D eigenvalue weighted by Crippen LogP contribution is -2.46. The van der Waals surface area contributed by atoms with Gasteiger partial charge in [-0.15, -0.1) is 0 Å². The standard InChI is InChI=1S/C9H12O4/c10-8(11)6-4-1-2-5(3-4)7(6)9(12)13/h4-7H,1-3H2,(H,10,11)(H,12,13)/p-2/t4-,5-,6-,7+/m1/s1. The predicted molar refractivity (Wildman–Crippen MR) is 37.8 cm³/mol. The van der Waals surface area contributed by atoms with Crippen LogP contribution in [0.3, 0.4) is 0 Å². The lowest BCUT2D eigenvalue weighted by molar-refractivity contribution is -0.328. The SMILES string of the molecule is O=C([O-])[C@@H]1[C@@H]2CC[C@H](C2)[C@@H]1C(=O)[O-]. The fourth-order valence-electron chi connectivity index (χ4n) is 2.97. The highest BCUT2D eigenvalue weighted by Gasteiger charge is 2.48. The summed E-state index contributed by atoms with van der Waals surface area (Å²) in [5.74, 6) is -4.02. The van der Waals surface area contributed by atoms with Crippen molar-refractivity contribution in [2.75, 3.05) is 0 Å². The summed E-state index contributed by atoms with van der Waals surface area (Å²) < 4.78 is 0. The van der Waals surface area contributed by atoms with Crippen LogP contribution in [0.4, 0.5) is 0 Å².